The van der Waals surface area contributed by atoms with Gasteiger partial charge in [0.2, 0.25) is 5.91 Å². The predicted molar refractivity (Wildman–Crippen MR) is 126 cm³/mol. The van der Waals surface area contributed by atoms with Gasteiger partial charge in [-0.1, -0.05) is 60.2 Å². The Balaban J connectivity index is 1.59. The number of benzene rings is 2. The van der Waals surface area contributed by atoms with Crippen LogP contribution < -0.4 is 5.32 Å². The van der Waals surface area contributed by atoms with Gasteiger partial charge in [-0.05, 0) is 55.5 Å². The van der Waals surface area contributed by atoms with E-state index in [1.165, 1.54) is 5.56 Å². The minimum atomic E-state index is -0.646. The molecule has 0 saturated carbocycles. The summed E-state index contributed by atoms with van der Waals surface area (Å²) in [6.45, 7) is 5.51. The number of nitrogens with one attached hydrogen (secondary N) is 1. The fourth-order valence-electron chi connectivity index (χ4n) is 4.45. The van der Waals surface area contributed by atoms with Gasteiger partial charge in [0.1, 0.15) is 5.69 Å². The van der Waals surface area contributed by atoms with Crippen LogP contribution in [-0.4, -0.2) is 41.3 Å². The van der Waals surface area contributed by atoms with Crippen molar-refractivity contribution >= 4 is 11.8 Å². The molecule has 1 N–H and O–H groups in total. The number of rotatable bonds is 6. The summed E-state index contributed by atoms with van der Waals surface area (Å²) in [5, 5.41) is 3.01. The maximum Gasteiger partial charge on any atom is 0.272 e. The minimum Gasteiger partial charge on any atom is -0.356 e. The number of amides is 2. The molecule has 2 aromatic carbocycles. The van der Waals surface area contributed by atoms with Crippen LogP contribution >= 0.6 is 0 Å². The van der Waals surface area contributed by atoms with Crippen LogP contribution in [0.3, 0.4) is 0 Å². The monoisotopic (exact) mass is 427 g/mol. The summed E-state index contributed by atoms with van der Waals surface area (Å²) in [7, 11) is 0. The molecule has 1 aliphatic heterocycles. The largest absolute Gasteiger partial charge is 0.356 e. The molecule has 0 unspecified atom stereocenters. The molecule has 2 amide bonds. The van der Waals surface area contributed by atoms with E-state index in [0.717, 1.165) is 16.7 Å². The lowest BCUT2D eigenvalue weighted by atomic mass is 9.79. The molecule has 0 bridgehead atoms. The molecular weight excluding hydrogens is 398 g/mol. The first-order chi connectivity index (χ1) is 15.5. The van der Waals surface area contributed by atoms with Gasteiger partial charge in [-0.3, -0.25) is 14.6 Å². The number of hydrogen-bond acceptors (Lipinski definition) is 3. The Labute approximate surface area is 189 Å². The summed E-state index contributed by atoms with van der Waals surface area (Å²) in [5.74, 6) is -0.109. The van der Waals surface area contributed by atoms with E-state index in [1.807, 2.05) is 19.1 Å². The maximum absolute atomic E-state index is 13.2. The van der Waals surface area contributed by atoms with Gasteiger partial charge in [0.25, 0.3) is 5.91 Å². The van der Waals surface area contributed by atoms with Crippen molar-refractivity contribution in [2.45, 2.75) is 26.7 Å². The van der Waals surface area contributed by atoms with Crippen molar-refractivity contribution in [2.75, 3.05) is 19.6 Å². The minimum absolute atomic E-state index is 0.0112. The number of carbonyl (C=O) groups is 2. The van der Waals surface area contributed by atoms with E-state index in [-0.39, 0.29) is 11.8 Å². The normalized spacial score (nSPS) is 17.9. The first-order valence-corrected chi connectivity index (χ1v) is 11.2. The van der Waals surface area contributed by atoms with E-state index < -0.39 is 5.41 Å². The average molecular weight is 428 g/mol. The molecule has 5 nitrogen and oxygen atoms in total. The molecule has 0 spiro atoms. The van der Waals surface area contributed by atoms with Gasteiger partial charge in [-0.25, -0.2) is 0 Å². The Kier molecular flexibility index (Phi) is 6.35. The Morgan fingerprint density at radius 2 is 1.84 bits per heavy atom. The highest BCUT2D eigenvalue weighted by Gasteiger charge is 2.46. The van der Waals surface area contributed by atoms with Crippen molar-refractivity contribution in [3.8, 4) is 11.1 Å². The van der Waals surface area contributed by atoms with Crippen LogP contribution in [-0.2, 0) is 11.2 Å². The molecule has 1 aliphatic rings. The van der Waals surface area contributed by atoms with Crippen LogP contribution in [0.5, 0.6) is 0 Å². The Morgan fingerprint density at radius 3 is 2.56 bits per heavy atom. The zero-order chi connectivity index (χ0) is 22.6. The first-order valence-electron chi connectivity index (χ1n) is 11.2. The molecule has 0 aliphatic carbocycles. The number of nitrogens with zero attached hydrogens (tertiary/aromatic N) is 2. The van der Waals surface area contributed by atoms with Crippen molar-refractivity contribution in [3.05, 3.63) is 89.7 Å². The van der Waals surface area contributed by atoms with E-state index in [9.17, 15) is 9.59 Å². The molecular formula is C27H29N3O2. The van der Waals surface area contributed by atoms with E-state index >= 15 is 0 Å². The zero-order valence-corrected chi connectivity index (χ0v) is 18.7. The van der Waals surface area contributed by atoms with Crippen LogP contribution in [0.15, 0.2) is 72.9 Å². The zero-order valence-electron chi connectivity index (χ0n) is 18.7. The fraction of sp³-hybridized carbons (Fsp3) is 0.296. The lowest BCUT2D eigenvalue weighted by Gasteiger charge is -2.28. The summed E-state index contributed by atoms with van der Waals surface area (Å²) >= 11 is 0. The highest BCUT2D eigenvalue weighted by molar-refractivity contribution is 5.93. The van der Waals surface area contributed by atoms with Gasteiger partial charge < -0.3 is 10.2 Å². The molecule has 1 aromatic heterocycles. The van der Waals surface area contributed by atoms with Crippen molar-refractivity contribution in [2.24, 2.45) is 5.41 Å². The Bertz CT molecular complexity index is 1100. The van der Waals surface area contributed by atoms with Gasteiger partial charge in [0.15, 0.2) is 0 Å². The molecule has 32 heavy (non-hydrogen) atoms. The second-order valence-corrected chi connectivity index (χ2v) is 8.57. The summed E-state index contributed by atoms with van der Waals surface area (Å²) in [4.78, 5) is 32.1. The second kappa shape index (κ2) is 9.35. The molecule has 1 atom stereocenters. The third kappa shape index (κ3) is 4.57. The van der Waals surface area contributed by atoms with Gasteiger partial charge in [0.05, 0.1) is 5.41 Å². The predicted octanol–water partition coefficient (Wildman–Crippen LogP) is 4.27. The van der Waals surface area contributed by atoms with E-state index in [4.69, 9.17) is 0 Å². The maximum atomic E-state index is 13.2. The highest BCUT2D eigenvalue weighted by atomic mass is 16.2. The van der Waals surface area contributed by atoms with Crippen molar-refractivity contribution in [1.29, 1.82) is 0 Å². The second-order valence-electron chi connectivity index (χ2n) is 8.57. The van der Waals surface area contributed by atoms with Crippen LogP contribution in [0.1, 0.15) is 35.0 Å². The number of likely N-dealkylation sites (tertiary alicyclic amines) is 1. The molecule has 2 heterocycles. The Hall–Kier alpha value is -3.47. The summed E-state index contributed by atoms with van der Waals surface area (Å²) in [6.07, 6.45) is 2.84. The number of carbonyl (C=O) groups excluding carboxylic acids is 2. The van der Waals surface area contributed by atoms with Crippen molar-refractivity contribution in [3.63, 3.8) is 0 Å². The number of pyridine rings is 1. The van der Waals surface area contributed by atoms with Gasteiger partial charge in [0, 0.05) is 25.8 Å². The summed E-state index contributed by atoms with van der Waals surface area (Å²) in [6, 6.07) is 22.2. The number of aromatic nitrogens is 1. The van der Waals surface area contributed by atoms with Crippen LogP contribution in [0, 0.1) is 12.3 Å². The molecule has 0 radical (unpaired) electrons. The van der Waals surface area contributed by atoms with Crippen molar-refractivity contribution in [1.82, 2.24) is 15.2 Å². The standard InChI is InChI=1S/C27H29N3O2/c1-3-28-26(32)27(14-16-30(19-27)25(31)24-9-4-5-15-29-24)18-21-7-6-8-23(17-21)22-12-10-20(2)11-13-22/h4-13,15,17H,3,14,16,18-19H2,1-2H3,(H,28,32)/t27-/m0/s1. The Morgan fingerprint density at radius 1 is 1.03 bits per heavy atom. The molecule has 1 saturated heterocycles. The summed E-state index contributed by atoms with van der Waals surface area (Å²) < 4.78 is 0. The molecule has 164 valence electrons. The quantitative estimate of drug-likeness (QED) is 0.639. The third-order valence-electron chi connectivity index (χ3n) is 6.20. The van der Waals surface area contributed by atoms with Crippen LogP contribution in [0.4, 0.5) is 0 Å². The number of aryl methyl sites for hydroxylation is 1. The fourth-order valence-corrected chi connectivity index (χ4v) is 4.45. The van der Waals surface area contributed by atoms with E-state index in [1.54, 1.807) is 23.2 Å². The molecule has 4 rings (SSSR count). The lowest BCUT2D eigenvalue weighted by molar-refractivity contribution is -0.130. The number of hydrogen-bond donors (Lipinski definition) is 1. The van der Waals surface area contributed by atoms with Gasteiger partial charge >= 0.3 is 0 Å². The highest BCUT2D eigenvalue weighted by Crippen LogP contribution is 2.36. The van der Waals surface area contributed by atoms with Gasteiger partial charge in [-0.2, -0.15) is 0 Å². The summed E-state index contributed by atoms with van der Waals surface area (Å²) in [5.41, 5.74) is 4.38. The van der Waals surface area contributed by atoms with E-state index in [0.29, 0.717) is 38.2 Å². The SMILES string of the molecule is CCNC(=O)[C@]1(Cc2cccc(-c3ccc(C)cc3)c2)CCN(C(=O)c2ccccn2)C1. The third-order valence-corrected chi connectivity index (χ3v) is 6.20. The van der Waals surface area contributed by atoms with E-state index in [2.05, 4.69) is 59.7 Å². The van der Waals surface area contributed by atoms with Crippen LogP contribution in [0.25, 0.3) is 11.1 Å². The van der Waals surface area contributed by atoms with Crippen LogP contribution in [0.2, 0.25) is 0 Å². The molecule has 3 aromatic rings. The first kappa shape index (κ1) is 21.8. The average Bonchev–Trinajstić information content (AvgIpc) is 3.25. The van der Waals surface area contributed by atoms with Crippen molar-refractivity contribution < 1.29 is 9.59 Å². The smallest absolute Gasteiger partial charge is 0.272 e. The molecule has 1 fully saturated rings. The lowest BCUT2D eigenvalue weighted by Crippen LogP contribution is -2.45. The topological polar surface area (TPSA) is 62.3 Å². The van der Waals surface area contributed by atoms with Gasteiger partial charge in [-0.15, -0.1) is 0 Å². The molecule has 5 heteroatoms.